The predicted octanol–water partition coefficient (Wildman–Crippen LogP) is 3.46. The van der Waals surface area contributed by atoms with Gasteiger partial charge in [-0.15, -0.1) is 0 Å². The van der Waals surface area contributed by atoms with Crippen molar-refractivity contribution < 1.29 is 0 Å². The van der Waals surface area contributed by atoms with E-state index in [9.17, 15) is 0 Å². The molecule has 1 aliphatic rings. The van der Waals surface area contributed by atoms with Gasteiger partial charge in [-0.05, 0) is 25.2 Å². The summed E-state index contributed by atoms with van der Waals surface area (Å²) >= 11 is 0. The number of hydrogen-bond acceptors (Lipinski definition) is 4. The van der Waals surface area contributed by atoms with E-state index < -0.39 is 0 Å². The van der Waals surface area contributed by atoms with Gasteiger partial charge in [0.05, 0.1) is 0 Å². The standard InChI is InChI=1S/C15H26N4/c1-11-4-6-13(7-5-11)8-9-17-14-12(2)10-18-15(16-3)19-14/h10-11,13H,4-9H2,1-3H3,(H2,16,17,18,19). The molecule has 1 saturated carbocycles. The monoisotopic (exact) mass is 262 g/mol. The third kappa shape index (κ3) is 4.08. The van der Waals surface area contributed by atoms with Gasteiger partial charge in [0.1, 0.15) is 5.82 Å². The second-order valence-electron chi connectivity index (χ2n) is 5.82. The van der Waals surface area contributed by atoms with Crippen LogP contribution in [-0.2, 0) is 0 Å². The minimum atomic E-state index is 0.680. The summed E-state index contributed by atoms with van der Waals surface area (Å²) in [6.07, 6.45) is 8.72. The Bertz CT molecular complexity index is 397. The summed E-state index contributed by atoms with van der Waals surface area (Å²) in [6, 6.07) is 0. The molecule has 0 aromatic carbocycles. The molecular formula is C15H26N4. The number of anilines is 2. The third-order valence-corrected chi connectivity index (χ3v) is 4.18. The molecule has 0 saturated heterocycles. The van der Waals surface area contributed by atoms with Crippen LogP contribution in [0.2, 0.25) is 0 Å². The summed E-state index contributed by atoms with van der Waals surface area (Å²) in [5.74, 6) is 3.48. The minimum absolute atomic E-state index is 0.680. The molecule has 4 nitrogen and oxygen atoms in total. The van der Waals surface area contributed by atoms with Crippen molar-refractivity contribution in [2.75, 3.05) is 24.2 Å². The SMILES string of the molecule is CNc1ncc(C)c(NCCC2CCC(C)CC2)n1. The lowest BCUT2D eigenvalue weighted by atomic mass is 9.81. The average molecular weight is 262 g/mol. The first-order valence-corrected chi connectivity index (χ1v) is 7.44. The van der Waals surface area contributed by atoms with Crippen LogP contribution in [-0.4, -0.2) is 23.6 Å². The first kappa shape index (κ1) is 14.1. The Balaban J connectivity index is 1.79. The smallest absolute Gasteiger partial charge is 0.224 e. The normalized spacial score (nSPS) is 23.1. The largest absolute Gasteiger partial charge is 0.370 e. The lowest BCUT2D eigenvalue weighted by Crippen LogP contribution is -2.16. The van der Waals surface area contributed by atoms with Crippen LogP contribution < -0.4 is 10.6 Å². The van der Waals surface area contributed by atoms with Crippen LogP contribution in [0.4, 0.5) is 11.8 Å². The van der Waals surface area contributed by atoms with E-state index >= 15 is 0 Å². The maximum atomic E-state index is 4.45. The van der Waals surface area contributed by atoms with Gasteiger partial charge in [-0.2, -0.15) is 4.98 Å². The van der Waals surface area contributed by atoms with E-state index in [1.807, 2.05) is 20.2 Å². The van der Waals surface area contributed by atoms with E-state index in [0.29, 0.717) is 5.95 Å². The zero-order valence-electron chi connectivity index (χ0n) is 12.4. The molecule has 106 valence electrons. The van der Waals surface area contributed by atoms with Crippen LogP contribution in [0.1, 0.15) is 44.6 Å². The molecule has 0 aliphatic heterocycles. The molecule has 2 rings (SSSR count). The lowest BCUT2D eigenvalue weighted by molar-refractivity contribution is 0.282. The van der Waals surface area contributed by atoms with Gasteiger partial charge >= 0.3 is 0 Å². The summed E-state index contributed by atoms with van der Waals surface area (Å²) in [4.78, 5) is 8.65. The summed E-state index contributed by atoms with van der Waals surface area (Å²) < 4.78 is 0. The number of rotatable bonds is 5. The number of aromatic nitrogens is 2. The molecule has 0 radical (unpaired) electrons. The van der Waals surface area contributed by atoms with E-state index in [1.165, 1.54) is 32.1 Å². The number of nitrogens with one attached hydrogen (secondary N) is 2. The van der Waals surface area contributed by atoms with Crippen molar-refractivity contribution in [1.29, 1.82) is 0 Å². The van der Waals surface area contributed by atoms with Gasteiger partial charge in [-0.25, -0.2) is 4.98 Å². The highest BCUT2D eigenvalue weighted by Crippen LogP contribution is 2.30. The Labute approximate surface area is 116 Å². The lowest BCUT2D eigenvalue weighted by Gasteiger charge is -2.26. The Morgan fingerprint density at radius 1 is 1.26 bits per heavy atom. The van der Waals surface area contributed by atoms with Crippen molar-refractivity contribution in [3.05, 3.63) is 11.8 Å². The van der Waals surface area contributed by atoms with Gasteiger partial charge in [-0.1, -0.05) is 32.6 Å². The zero-order valence-corrected chi connectivity index (χ0v) is 12.4. The van der Waals surface area contributed by atoms with Crippen molar-refractivity contribution >= 4 is 11.8 Å². The number of hydrogen-bond donors (Lipinski definition) is 2. The van der Waals surface area contributed by atoms with Gasteiger partial charge in [0, 0.05) is 25.4 Å². The van der Waals surface area contributed by atoms with E-state index in [1.54, 1.807) is 0 Å². The van der Waals surface area contributed by atoms with E-state index in [2.05, 4.69) is 27.5 Å². The zero-order chi connectivity index (χ0) is 13.7. The third-order valence-electron chi connectivity index (χ3n) is 4.18. The summed E-state index contributed by atoms with van der Waals surface area (Å²) in [5, 5.41) is 6.43. The average Bonchev–Trinajstić information content (AvgIpc) is 2.43. The van der Waals surface area contributed by atoms with E-state index in [0.717, 1.165) is 29.8 Å². The fourth-order valence-electron chi connectivity index (χ4n) is 2.75. The second-order valence-corrected chi connectivity index (χ2v) is 5.82. The Morgan fingerprint density at radius 3 is 2.68 bits per heavy atom. The van der Waals surface area contributed by atoms with Crippen molar-refractivity contribution in [3.8, 4) is 0 Å². The molecule has 0 amide bonds. The molecule has 0 atom stereocenters. The maximum Gasteiger partial charge on any atom is 0.224 e. The fraction of sp³-hybridized carbons (Fsp3) is 0.733. The van der Waals surface area contributed by atoms with Crippen LogP contribution in [0.3, 0.4) is 0 Å². The summed E-state index contributed by atoms with van der Waals surface area (Å²) in [5.41, 5.74) is 1.11. The van der Waals surface area contributed by atoms with Crippen molar-refractivity contribution in [2.24, 2.45) is 11.8 Å². The molecule has 1 aliphatic carbocycles. The van der Waals surface area contributed by atoms with Crippen LogP contribution in [0, 0.1) is 18.8 Å². The number of aryl methyl sites for hydroxylation is 1. The van der Waals surface area contributed by atoms with Crippen molar-refractivity contribution in [1.82, 2.24) is 9.97 Å². The summed E-state index contributed by atoms with van der Waals surface area (Å²) in [7, 11) is 1.84. The maximum absolute atomic E-state index is 4.45. The molecule has 4 heteroatoms. The van der Waals surface area contributed by atoms with Crippen LogP contribution in [0.5, 0.6) is 0 Å². The Kier molecular flexibility index (Phi) is 5.00. The molecule has 0 bridgehead atoms. The molecule has 0 spiro atoms. The van der Waals surface area contributed by atoms with Crippen LogP contribution in [0.25, 0.3) is 0 Å². The van der Waals surface area contributed by atoms with Crippen molar-refractivity contribution in [2.45, 2.75) is 46.0 Å². The van der Waals surface area contributed by atoms with Crippen LogP contribution in [0.15, 0.2) is 6.20 Å². The van der Waals surface area contributed by atoms with Gasteiger partial charge in [-0.3, -0.25) is 0 Å². The van der Waals surface area contributed by atoms with Crippen LogP contribution >= 0.6 is 0 Å². The predicted molar refractivity (Wildman–Crippen MR) is 80.5 cm³/mol. The Morgan fingerprint density at radius 2 is 2.00 bits per heavy atom. The molecule has 19 heavy (non-hydrogen) atoms. The highest BCUT2D eigenvalue weighted by molar-refractivity contribution is 5.46. The minimum Gasteiger partial charge on any atom is -0.370 e. The molecule has 1 heterocycles. The number of nitrogens with zero attached hydrogens (tertiary/aromatic N) is 2. The molecular weight excluding hydrogens is 236 g/mol. The summed E-state index contributed by atoms with van der Waals surface area (Å²) in [6.45, 7) is 5.43. The van der Waals surface area contributed by atoms with Gasteiger partial charge in [0.15, 0.2) is 0 Å². The highest BCUT2D eigenvalue weighted by Gasteiger charge is 2.17. The van der Waals surface area contributed by atoms with Gasteiger partial charge in [0.2, 0.25) is 5.95 Å². The molecule has 1 aromatic rings. The molecule has 0 unspecified atom stereocenters. The first-order valence-electron chi connectivity index (χ1n) is 7.44. The van der Waals surface area contributed by atoms with Gasteiger partial charge in [0.25, 0.3) is 0 Å². The first-order chi connectivity index (χ1) is 9.19. The fourth-order valence-corrected chi connectivity index (χ4v) is 2.75. The second kappa shape index (κ2) is 6.73. The van der Waals surface area contributed by atoms with E-state index in [-0.39, 0.29) is 0 Å². The molecule has 2 N–H and O–H groups in total. The molecule has 1 fully saturated rings. The quantitative estimate of drug-likeness (QED) is 0.853. The Hall–Kier alpha value is -1.32. The van der Waals surface area contributed by atoms with E-state index in [4.69, 9.17) is 0 Å². The van der Waals surface area contributed by atoms with Crippen molar-refractivity contribution in [3.63, 3.8) is 0 Å². The topological polar surface area (TPSA) is 49.8 Å². The molecule has 1 aromatic heterocycles. The van der Waals surface area contributed by atoms with Gasteiger partial charge < -0.3 is 10.6 Å². The highest BCUT2D eigenvalue weighted by atomic mass is 15.1.